The third-order valence-corrected chi connectivity index (χ3v) is 7.15. The number of carbonyl (C=O) groups excluding carboxylic acids is 1. The van der Waals surface area contributed by atoms with Crippen molar-refractivity contribution in [1.29, 1.82) is 0 Å². The molecule has 0 unspecified atom stereocenters. The highest BCUT2D eigenvalue weighted by Crippen LogP contribution is 2.33. The number of amides is 1. The van der Waals surface area contributed by atoms with E-state index in [1.165, 1.54) is 0 Å². The molecule has 0 spiro atoms. The number of anilines is 2. The van der Waals surface area contributed by atoms with Crippen molar-refractivity contribution in [3.05, 3.63) is 88.5 Å². The van der Waals surface area contributed by atoms with Gasteiger partial charge in [0, 0.05) is 50.5 Å². The summed E-state index contributed by atoms with van der Waals surface area (Å²) in [5, 5.41) is 0.819. The summed E-state index contributed by atoms with van der Waals surface area (Å²) in [4.78, 5) is 41.0. The van der Waals surface area contributed by atoms with Crippen LogP contribution in [0.15, 0.2) is 76.2 Å². The highest BCUT2D eigenvalue weighted by atomic mass is 16.5. The molecule has 38 heavy (non-hydrogen) atoms. The van der Waals surface area contributed by atoms with Gasteiger partial charge in [0.25, 0.3) is 0 Å². The van der Waals surface area contributed by atoms with Gasteiger partial charge < -0.3 is 19.0 Å². The van der Waals surface area contributed by atoms with Gasteiger partial charge in [-0.25, -0.2) is 14.8 Å². The molecule has 4 aromatic rings. The van der Waals surface area contributed by atoms with E-state index >= 15 is 0 Å². The highest BCUT2D eigenvalue weighted by Gasteiger charge is 2.30. The van der Waals surface area contributed by atoms with Crippen molar-refractivity contribution in [2.45, 2.75) is 19.4 Å². The van der Waals surface area contributed by atoms with Crippen LogP contribution in [0.3, 0.4) is 0 Å². The van der Waals surface area contributed by atoms with E-state index in [0.717, 1.165) is 49.1 Å². The highest BCUT2D eigenvalue weighted by molar-refractivity contribution is 5.98. The van der Waals surface area contributed by atoms with Crippen LogP contribution in [-0.4, -0.2) is 60.0 Å². The zero-order valence-electron chi connectivity index (χ0n) is 21.1. The third kappa shape index (κ3) is 4.97. The van der Waals surface area contributed by atoms with Crippen LogP contribution in [0.25, 0.3) is 11.0 Å². The van der Waals surface area contributed by atoms with Gasteiger partial charge in [0.05, 0.1) is 6.54 Å². The molecule has 6 rings (SSSR count). The first kappa shape index (κ1) is 24.1. The van der Waals surface area contributed by atoms with Crippen LogP contribution in [0.1, 0.15) is 17.5 Å². The predicted octanol–water partition coefficient (Wildman–Crippen LogP) is 3.26. The van der Waals surface area contributed by atoms with Gasteiger partial charge in [-0.05, 0) is 48.2 Å². The van der Waals surface area contributed by atoms with E-state index in [1.807, 2.05) is 42.5 Å². The number of aryl methyl sites for hydroxylation is 1. The Hall–Kier alpha value is -4.24. The van der Waals surface area contributed by atoms with Crippen LogP contribution in [0.5, 0.6) is 5.75 Å². The number of piperazine rings is 1. The summed E-state index contributed by atoms with van der Waals surface area (Å²) >= 11 is 0. The van der Waals surface area contributed by atoms with Crippen molar-refractivity contribution in [3.8, 4) is 5.75 Å². The molecule has 4 heterocycles. The fraction of sp³-hybridized carbons (Fsp3) is 0.310. The first-order chi connectivity index (χ1) is 18.7. The molecular weight excluding hydrogens is 482 g/mol. The molecule has 0 bridgehead atoms. The number of fused-ring (bicyclic) bond motifs is 3. The molecular formula is C29H29N5O4. The minimum absolute atomic E-state index is 0.0847. The summed E-state index contributed by atoms with van der Waals surface area (Å²) in [6, 6.07) is 17.3. The Labute approximate surface area is 220 Å². The van der Waals surface area contributed by atoms with Crippen molar-refractivity contribution in [2.24, 2.45) is 0 Å². The standard InChI is InChI=1S/C29H29N5O4/c35-26(19-32-14-16-33(17-15-32)29-30-11-5-12-31-29)34-13-4-8-23-24-18-22(37-20-21-6-2-1-3-7-21)9-10-25(24)38-28(36)27(23)34/h1-3,5-7,9-12,18H,4,8,13-17,19-20H2. The van der Waals surface area contributed by atoms with Gasteiger partial charge in [-0.2, -0.15) is 0 Å². The average molecular weight is 512 g/mol. The van der Waals surface area contributed by atoms with Gasteiger partial charge in [0.2, 0.25) is 11.9 Å². The lowest BCUT2D eigenvalue weighted by atomic mass is 9.98. The van der Waals surface area contributed by atoms with Crippen molar-refractivity contribution < 1.29 is 13.9 Å². The number of nitrogens with zero attached hydrogens (tertiary/aromatic N) is 5. The lowest BCUT2D eigenvalue weighted by molar-refractivity contribution is -0.119. The molecule has 0 N–H and O–H groups in total. The maximum Gasteiger partial charge on any atom is 0.360 e. The van der Waals surface area contributed by atoms with E-state index in [1.54, 1.807) is 29.4 Å². The second-order valence-electron chi connectivity index (χ2n) is 9.61. The van der Waals surface area contributed by atoms with Crippen LogP contribution in [0.2, 0.25) is 0 Å². The lowest BCUT2D eigenvalue weighted by Crippen LogP contribution is -2.51. The molecule has 194 valence electrons. The van der Waals surface area contributed by atoms with E-state index in [9.17, 15) is 9.59 Å². The van der Waals surface area contributed by atoms with Gasteiger partial charge in [-0.15, -0.1) is 0 Å². The van der Waals surface area contributed by atoms with Gasteiger partial charge in [0.1, 0.15) is 23.6 Å². The third-order valence-electron chi connectivity index (χ3n) is 7.15. The Balaban J connectivity index is 1.18. The summed E-state index contributed by atoms with van der Waals surface area (Å²) in [6.45, 7) is 4.13. The van der Waals surface area contributed by atoms with Crippen molar-refractivity contribution in [3.63, 3.8) is 0 Å². The normalized spacial score (nSPS) is 15.9. The number of benzene rings is 2. The van der Waals surface area contributed by atoms with E-state index < -0.39 is 5.63 Å². The second kappa shape index (κ2) is 10.6. The van der Waals surface area contributed by atoms with E-state index in [4.69, 9.17) is 9.15 Å². The first-order valence-corrected chi connectivity index (χ1v) is 13.0. The van der Waals surface area contributed by atoms with Gasteiger partial charge in [-0.3, -0.25) is 9.69 Å². The fourth-order valence-corrected chi connectivity index (χ4v) is 5.20. The number of carbonyl (C=O) groups is 1. The maximum absolute atomic E-state index is 13.4. The number of hydrogen-bond acceptors (Lipinski definition) is 8. The van der Waals surface area contributed by atoms with Crippen molar-refractivity contribution in [2.75, 3.05) is 49.1 Å². The summed E-state index contributed by atoms with van der Waals surface area (Å²) in [5.74, 6) is 1.32. The summed E-state index contributed by atoms with van der Waals surface area (Å²) in [5.41, 5.74) is 2.33. The fourth-order valence-electron chi connectivity index (χ4n) is 5.20. The zero-order chi connectivity index (χ0) is 25.9. The van der Waals surface area contributed by atoms with Crippen LogP contribution >= 0.6 is 0 Å². The molecule has 0 radical (unpaired) electrons. The number of aromatic nitrogens is 2. The summed E-state index contributed by atoms with van der Waals surface area (Å²) in [7, 11) is 0. The monoisotopic (exact) mass is 511 g/mol. The Bertz CT molecular complexity index is 1480. The number of ether oxygens (including phenoxy) is 1. The molecule has 1 fully saturated rings. The molecule has 2 aliphatic rings. The topological polar surface area (TPSA) is 92.0 Å². The molecule has 0 atom stereocenters. The molecule has 0 aliphatic carbocycles. The molecule has 2 aromatic heterocycles. The Morgan fingerprint density at radius 2 is 1.74 bits per heavy atom. The quantitative estimate of drug-likeness (QED) is 0.365. The maximum atomic E-state index is 13.4. The predicted molar refractivity (Wildman–Crippen MR) is 145 cm³/mol. The minimum atomic E-state index is -0.468. The van der Waals surface area contributed by atoms with Crippen molar-refractivity contribution >= 4 is 28.5 Å². The largest absolute Gasteiger partial charge is 0.489 e. The van der Waals surface area contributed by atoms with Gasteiger partial charge in [-0.1, -0.05) is 30.3 Å². The van der Waals surface area contributed by atoms with E-state index in [2.05, 4.69) is 19.8 Å². The van der Waals surface area contributed by atoms with Crippen LogP contribution in [-0.2, 0) is 17.8 Å². The molecule has 2 aliphatic heterocycles. The molecule has 2 aromatic carbocycles. The lowest BCUT2D eigenvalue weighted by Gasteiger charge is -2.36. The summed E-state index contributed by atoms with van der Waals surface area (Å²) < 4.78 is 11.7. The molecule has 1 amide bonds. The minimum Gasteiger partial charge on any atom is -0.489 e. The average Bonchev–Trinajstić information content (AvgIpc) is 2.97. The van der Waals surface area contributed by atoms with Crippen LogP contribution < -0.4 is 20.2 Å². The molecule has 9 heteroatoms. The number of hydrogen-bond donors (Lipinski definition) is 0. The summed E-state index contributed by atoms with van der Waals surface area (Å²) in [6.07, 6.45) is 4.96. The Morgan fingerprint density at radius 1 is 0.947 bits per heavy atom. The smallest absolute Gasteiger partial charge is 0.360 e. The molecule has 9 nitrogen and oxygen atoms in total. The molecule has 1 saturated heterocycles. The SMILES string of the molecule is O=C(CN1CCN(c2ncccn2)CC1)N1CCCc2c1c(=O)oc1ccc(OCc3ccccc3)cc21. The molecule has 0 saturated carbocycles. The Kier molecular flexibility index (Phi) is 6.75. The van der Waals surface area contributed by atoms with E-state index in [-0.39, 0.29) is 12.5 Å². The number of rotatable bonds is 6. The van der Waals surface area contributed by atoms with Crippen LogP contribution in [0.4, 0.5) is 11.6 Å². The van der Waals surface area contributed by atoms with Crippen molar-refractivity contribution in [1.82, 2.24) is 14.9 Å². The van der Waals surface area contributed by atoms with Gasteiger partial charge >= 0.3 is 5.63 Å². The van der Waals surface area contributed by atoms with Gasteiger partial charge in [0.15, 0.2) is 0 Å². The van der Waals surface area contributed by atoms with Crippen LogP contribution in [0, 0.1) is 0 Å². The zero-order valence-corrected chi connectivity index (χ0v) is 21.1. The second-order valence-corrected chi connectivity index (χ2v) is 9.61. The first-order valence-electron chi connectivity index (χ1n) is 13.0. The Morgan fingerprint density at radius 3 is 2.53 bits per heavy atom. The van der Waals surface area contributed by atoms with E-state index in [0.29, 0.717) is 42.5 Å².